The van der Waals surface area contributed by atoms with E-state index in [4.69, 9.17) is 16.3 Å². The van der Waals surface area contributed by atoms with E-state index in [1.807, 2.05) is 0 Å². The van der Waals surface area contributed by atoms with Crippen molar-refractivity contribution in [1.29, 1.82) is 0 Å². The van der Waals surface area contributed by atoms with Gasteiger partial charge in [-0.3, -0.25) is 9.59 Å². The lowest BCUT2D eigenvalue weighted by molar-refractivity contribution is -0.139. The van der Waals surface area contributed by atoms with Crippen LogP contribution in [0.25, 0.3) is 0 Å². The molecule has 1 aromatic rings. The zero-order valence-corrected chi connectivity index (χ0v) is 15.7. The molecule has 0 radical (unpaired) electrons. The van der Waals surface area contributed by atoms with E-state index in [1.165, 1.54) is 12.1 Å². The zero-order valence-electron chi connectivity index (χ0n) is 15.0. The summed E-state index contributed by atoms with van der Waals surface area (Å²) < 4.78 is 18.6. The SMILES string of the molecule is O=C1CO[C@H]2CCN(C(=O)N3CC(NC(=O)c4ccc(F)cc4Cl)C3)C[C@H]2N1. The van der Waals surface area contributed by atoms with E-state index in [9.17, 15) is 18.8 Å². The first-order chi connectivity index (χ1) is 13.4. The van der Waals surface area contributed by atoms with Crippen LogP contribution >= 0.6 is 11.6 Å². The summed E-state index contributed by atoms with van der Waals surface area (Å²) in [6.07, 6.45) is 0.624. The Labute approximate surface area is 165 Å². The molecule has 0 unspecified atom stereocenters. The highest BCUT2D eigenvalue weighted by Crippen LogP contribution is 2.21. The van der Waals surface area contributed by atoms with Crippen molar-refractivity contribution >= 4 is 29.4 Å². The Morgan fingerprint density at radius 3 is 2.79 bits per heavy atom. The lowest BCUT2D eigenvalue weighted by Crippen LogP contribution is -2.67. The molecule has 2 N–H and O–H groups in total. The van der Waals surface area contributed by atoms with Crippen molar-refractivity contribution in [3.63, 3.8) is 0 Å². The maximum absolute atomic E-state index is 13.1. The number of hydrogen-bond donors (Lipinski definition) is 2. The predicted octanol–water partition coefficient (Wildman–Crippen LogP) is 0.602. The molecule has 4 amide bonds. The number of morpholine rings is 1. The number of halogens is 2. The summed E-state index contributed by atoms with van der Waals surface area (Å²) in [5.74, 6) is -1.07. The fourth-order valence-electron chi connectivity index (χ4n) is 3.74. The Morgan fingerprint density at radius 1 is 1.25 bits per heavy atom. The summed E-state index contributed by atoms with van der Waals surface area (Å²) in [4.78, 5) is 39.7. The smallest absolute Gasteiger partial charge is 0.320 e. The van der Waals surface area contributed by atoms with Crippen LogP contribution in [0.4, 0.5) is 9.18 Å². The summed E-state index contributed by atoms with van der Waals surface area (Å²) in [6.45, 7) is 1.82. The highest BCUT2D eigenvalue weighted by atomic mass is 35.5. The monoisotopic (exact) mass is 410 g/mol. The van der Waals surface area contributed by atoms with Gasteiger partial charge in [0, 0.05) is 26.2 Å². The molecule has 0 bridgehead atoms. The molecule has 0 saturated carbocycles. The number of likely N-dealkylation sites (tertiary alicyclic amines) is 2. The van der Waals surface area contributed by atoms with E-state index in [-0.39, 0.29) is 47.3 Å². The average molecular weight is 411 g/mol. The molecule has 0 aromatic heterocycles. The molecule has 3 saturated heterocycles. The second-order valence-electron chi connectivity index (χ2n) is 7.24. The lowest BCUT2D eigenvalue weighted by Gasteiger charge is -2.46. The number of carbonyl (C=O) groups is 3. The lowest BCUT2D eigenvalue weighted by atomic mass is 10.0. The normalized spacial score (nSPS) is 24.9. The maximum atomic E-state index is 13.1. The first kappa shape index (κ1) is 18.9. The van der Waals surface area contributed by atoms with Crippen LogP contribution in [0.2, 0.25) is 5.02 Å². The maximum Gasteiger partial charge on any atom is 0.320 e. The first-order valence-electron chi connectivity index (χ1n) is 9.11. The molecule has 3 aliphatic heterocycles. The van der Waals surface area contributed by atoms with Crippen LogP contribution in [0.3, 0.4) is 0 Å². The molecule has 10 heteroatoms. The molecule has 2 atom stereocenters. The molecule has 0 aliphatic carbocycles. The number of ether oxygens (including phenoxy) is 1. The summed E-state index contributed by atoms with van der Waals surface area (Å²) in [6, 6.07) is 3.10. The summed E-state index contributed by atoms with van der Waals surface area (Å²) >= 11 is 5.90. The van der Waals surface area contributed by atoms with E-state index in [0.717, 1.165) is 6.07 Å². The van der Waals surface area contributed by atoms with Gasteiger partial charge in [-0.25, -0.2) is 9.18 Å². The van der Waals surface area contributed by atoms with Gasteiger partial charge in [-0.2, -0.15) is 0 Å². The summed E-state index contributed by atoms with van der Waals surface area (Å²) in [5.41, 5.74) is 0.197. The second kappa shape index (κ2) is 7.56. The number of amides is 4. The highest BCUT2D eigenvalue weighted by Gasteiger charge is 2.40. The number of urea groups is 1. The van der Waals surface area contributed by atoms with Gasteiger partial charge in [-0.05, 0) is 24.6 Å². The van der Waals surface area contributed by atoms with Crippen LogP contribution in [0.5, 0.6) is 0 Å². The number of rotatable bonds is 2. The van der Waals surface area contributed by atoms with Gasteiger partial charge < -0.3 is 25.2 Å². The van der Waals surface area contributed by atoms with E-state index in [0.29, 0.717) is 32.6 Å². The molecule has 1 aromatic carbocycles. The Hall–Kier alpha value is -2.39. The van der Waals surface area contributed by atoms with Crippen molar-refractivity contribution in [3.8, 4) is 0 Å². The number of nitrogens with one attached hydrogen (secondary N) is 2. The van der Waals surface area contributed by atoms with Gasteiger partial charge in [-0.15, -0.1) is 0 Å². The molecule has 0 spiro atoms. The molecule has 3 aliphatic rings. The van der Waals surface area contributed by atoms with E-state index in [2.05, 4.69) is 10.6 Å². The summed E-state index contributed by atoms with van der Waals surface area (Å²) in [7, 11) is 0. The van der Waals surface area contributed by atoms with Gasteiger partial charge in [-0.1, -0.05) is 11.6 Å². The minimum atomic E-state index is -0.509. The van der Waals surface area contributed by atoms with Crippen LogP contribution < -0.4 is 10.6 Å². The molecule has 28 heavy (non-hydrogen) atoms. The van der Waals surface area contributed by atoms with Crippen molar-refractivity contribution in [3.05, 3.63) is 34.6 Å². The minimum Gasteiger partial charge on any atom is -0.366 e. The topological polar surface area (TPSA) is 91.0 Å². The zero-order chi connectivity index (χ0) is 19.8. The molecular weight excluding hydrogens is 391 g/mol. The van der Waals surface area contributed by atoms with Gasteiger partial charge in [0.2, 0.25) is 5.91 Å². The third-order valence-electron chi connectivity index (χ3n) is 5.26. The fourth-order valence-corrected chi connectivity index (χ4v) is 3.99. The number of nitrogens with zero attached hydrogens (tertiary/aromatic N) is 2. The fraction of sp³-hybridized carbons (Fsp3) is 0.500. The third kappa shape index (κ3) is 3.77. The molecule has 4 rings (SSSR count). The number of carbonyl (C=O) groups excluding carboxylic acids is 3. The Morgan fingerprint density at radius 2 is 2.04 bits per heavy atom. The van der Waals surface area contributed by atoms with Crippen LogP contribution in [0.15, 0.2) is 18.2 Å². The Kier molecular flexibility index (Phi) is 5.11. The average Bonchev–Trinajstić information content (AvgIpc) is 2.63. The van der Waals surface area contributed by atoms with Gasteiger partial charge >= 0.3 is 6.03 Å². The van der Waals surface area contributed by atoms with Gasteiger partial charge in [0.1, 0.15) is 12.4 Å². The Balaban J connectivity index is 1.27. The van der Waals surface area contributed by atoms with Crippen LogP contribution in [0, 0.1) is 5.82 Å². The predicted molar refractivity (Wildman–Crippen MR) is 97.5 cm³/mol. The number of piperidine rings is 1. The second-order valence-corrected chi connectivity index (χ2v) is 7.65. The first-order valence-corrected chi connectivity index (χ1v) is 9.49. The number of fused-ring (bicyclic) bond motifs is 1. The highest BCUT2D eigenvalue weighted by molar-refractivity contribution is 6.33. The van der Waals surface area contributed by atoms with Crippen molar-refractivity contribution in [2.45, 2.75) is 24.6 Å². The van der Waals surface area contributed by atoms with Gasteiger partial charge in [0.25, 0.3) is 5.91 Å². The standard InChI is InChI=1S/C18H20ClFN4O4/c19-13-5-10(20)1-2-12(13)17(26)21-11-6-24(7-11)18(27)23-4-3-15-14(8-23)22-16(25)9-28-15/h1-2,5,11,14-15H,3-4,6-9H2,(H,21,26)(H,22,25)/t14-,15+/m1/s1. The van der Waals surface area contributed by atoms with E-state index in [1.54, 1.807) is 9.80 Å². The molecule has 3 heterocycles. The Bertz CT molecular complexity index is 817. The van der Waals surface area contributed by atoms with Crippen molar-refractivity contribution < 1.29 is 23.5 Å². The number of hydrogen-bond acceptors (Lipinski definition) is 4. The van der Waals surface area contributed by atoms with Gasteiger partial charge in [0.05, 0.1) is 28.8 Å². The molecular formula is C18H20ClFN4O4. The molecule has 3 fully saturated rings. The van der Waals surface area contributed by atoms with Crippen LogP contribution in [0.1, 0.15) is 16.8 Å². The van der Waals surface area contributed by atoms with Gasteiger partial charge in [0.15, 0.2) is 0 Å². The largest absolute Gasteiger partial charge is 0.366 e. The van der Waals surface area contributed by atoms with E-state index >= 15 is 0 Å². The molecule has 150 valence electrons. The third-order valence-corrected chi connectivity index (χ3v) is 5.57. The van der Waals surface area contributed by atoms with Crippen molar-refractivity contribution in [2.75, 3.05) is 32.8 Å². The number of benzene rings is 1. The van der Waals surface area contributed by atoms with Crippen molar-refractivity contribution in [1.82, 2.24) is 20.4 Å². The van der Waals surface area contributed by atoms with Crippen LogP contribution in [-0.4, -0.2) is 78.6 Å². The summed E-state index contributed by atoms with van der Waals surface area (Å²) in [5, 5.41) is 5.71. The quantitative estimate of drug-likeness (QED) is 0.747. The molecule has 8 nitrogen and oxygen atoms in total. The van der Waals surface area contributed by atoms with Crippen molar-refractivity contribution in [2.24, 2.45) is 0 Å². The minimum absolute atomic E-state index is 0.0457. The van der Waals surface area contributed by atoms with E-state index < -0.39 is 11.7 Å². The van der Waals surface area contributed by atoms with Crippen LogP contribution in [-0.2, 0) is 9.53 Å².